The molecular formula is C24H27N5O6S. The molecule has 0 spiro atoms. The second kappa shape index (κ2) is 9.99. The number of aromatic nitrogens is 4. The van der Waals surface area contributed by atoms with E-state index in [1.807, 2.05) is 0 Å². The van der Waals surface area contributed by atoms with Crippen molar-refractivity contribution in [2.75, 3.05) is 18.9 Å². The minimum atomic E-state index is -4.18. The lowest BCUT2D eigenvalue weighted by Gasteiger charge is -2.21. The van der Waals surface area contributed by atoms with E-state index in [1.165, 1.54) is 25.7 Å². The third-order valence-electron chi connectivity index (χ3n) is 5.63. The van der Waals surface area contributed by atoms with Crippen molar-refractivity contribution in [3.63, 3.8) is 0 Å². The Kier molecular flexibility index (Phi) is 7.00. The normalized spacial score (nSPS) is 13.3. The number of sulfonamides is 1. The van der Waals surface area contributed by atoms with Crippen LogP contribution in [-0.2, 0) is 10.0 Å². The minimum Gasteiger partial charge on any atom is -0.494 e. The summed E-state index contributed by atoms with van der Waals surface area (Å²) in [4.78, 5) is 4.25. The molecule has 0 aliphatic heterocycles. The molecule has 0 saturated heterocycles. The molecule has 11 nitrogen and oxygen atoms in total. The van der Waals surface area contributed by atoms with Crippen molar-refractivity contribution < 1.29 is 27.4 Å². The topological polar surface area (TPSA) is 142 Å². The predicted molar refractivity (Wildman–Crippen MR) is 133 cm³/mol. The van der Waals surface area contributed by atoms with Gasteiger partial charge < -0.3 is 19.0 Å². The van der Waals surface area contributed by atoms with Gasteiger partial charge in [0.05, 0.1) is 19.9 Å². The number of furan rings is 1. The average molecular weight is 514 g/mol. The molecule has 0 unspecified atom stereocenters. The number of hydrogen-bond donors (Lipinski definition) is 2. The first kappa shape index (κ1) is 25.2. The number of benzene rings is 1. The molecule has 4 aromatic rings. The van der Waals surface area contributed by atoms with Crippen molar-refractivity contribution in [2.24, 2.45) is 0 Å². The molecular weight excluding hydrogens is 486 g/mol. The molecule has 2 atom stereocenters. The van der Waals surface area contributed by atoms with Crippen LogP contribution in [0.5, 0.6) is 11.5 Å². The van der Waals surface area contributed by atoms with Crippen molar-refractivity contribution in [3.8, 4) is 28.8 Å². The number of anilines is 1. The van der Waals surface area contributed by atoms with Gasteiger partial charge in [0.2, 0.25) is 21.8 Å². The number of para-hydroxylation sites is 1. The van der Waals surface area contributed by atoms with Crippen LogP contribution in [0.1, 0.15) is 30.2 Å². The first-order valence-electron chi connectivity index (χ1n) is 11.0. The molecule has 0 amide bonds. The highest BCUT2D eigenvalue weighted by molar-refractivity contribution is 7.93. The number of ether oxygens (including phenoxy) is 2. The number of nitrogens with one attached hydrogen (secondary N) is 1. The molecule has 0 aliphatic carbocycles. The maximum absolute atomic E-state index is 13.4. The molecule has 1 aromatic carbocycles. The molecule has 0 fully saturated rings. The second-order valence-electron chi connectivity index (χ2n) is 8.10. The Balaban J connectivity index is 1.82. The number of methoxy groups -OCH3 is 2. The van der Waals surface area contributed by atoms with E-state index in [4.69, 9.17) is 13.9 Å². The maximum Gasteiger partial charge on any atom is 0.243 e. The fourth-order valence-electron chi connectivity index (χ4n) is 3.69. The Morgan fingerprint density at radius 2 is 1.67 bits per heavy atom. The summed E-state index contributed by atoms with van der Waals surface area (Å²) in [5.41, 5.74) is 1.26. The average Bonchev–Trinajstić information content (AvgIpc) is 3.47. The van der Waals surface area contributed by atoms with Gasteiger partial charge in [-0.3, -0.25) is 14.3 Å². The Morgan fingerprint density at radius 1 is 1.00 bits per heavy atom. The SMILES string of the molecule is COc1cccc(OC)c1-n1c(NS(=O)(=O)[C@H](C)[C@H](O)c2cccc(C)n2)nnc1-c1ccc(C)o1. The van der Waals surface area contributed by atoms with Crippen LogP contribution in [0.3, 0.4) is 0 Å². The lowest BCUT2D eigenvalue weighted by molar-refractivity contribution is 0.171. The van der Waals surface area contributed by atoms with Gasteiger partial charge in [0.1, 0.15) is 34.3 Å². The van der Waals surface area contributed by atoms with Crippen molar-refractivity contribution in [2.45, 2.75) is 32.1 Å². The number of nitrogens with zero attached hydrogens (tertiary/aromatic N) is 4. The van der Waals surface area contributed by atoms with Crippen LogP contribution in [0, 0.1) is 13.8 Å². The zero-order chi connectivity index (χ0) is 26.0. The van der Waals surface area contributed by atoms with Gasteiger partial charge in [0.25, 0.3) is 0 Å². The number of rotatable bonds is 9. The molecule has 0 saturated carbocycles. The van der Waals surface area contributed by atoms with Gasteiger partial charge in [0, 0.05) is 5.69 Å². The van der Waals surface area contributed by atoms with Crippen LogP contribution in [-0.4, -0.2) is 52.7 Å². The van der Waals surface area contributed by atoms with Gasteiger partial charge in [-0.1, -0.05) is 12.1 Å². The van der Waals surface area contributed by atoms with E-state index in [0.717, 1.165) is 0 Å². The van der Waals surface area contributed by atoms with Crippen LogP contribution in [0.25, 0.3) is 17.3 Å². The van der Waals surface area contributed by atoms with Crippen molar-refractivity contribution in [1.82, 2.24) is 19.7 Å². The molecule has 12 heteroatoms. The summed E-state index contributed by atoms with van der Waals surface area (Å²) in [7, 11) is -1.22. The monoisotopic (exact) mass is 513 g/mol. The molecule has 4 rings (SSSR count). The van der Waals surface area contributed by atoms with Gasteiger partial charge in [0.15, 0.2) is 5.76 Å². The van der Waals surface area contributed by atoms with E-state index in [1.54, 1.807) is 62.4 Å². The molecule has 3 aromatic heterocycles. The molecule has 190 valence electrons. The number of pyridine rings is 1. The quantitative estimate of drug-likeness (QED) is 0.344. The van der Waals surface area contributed by atoms with Crippen LogP contribution in [0.4, 0.5) is 5.95 Å². The largest absolute Gasteiger partial charge is 0.494 e. The first-order valence-corrected chi connectivity index (χ1v) is 12.6. The molecule has 0 radical (unpaired) electrons. The third-order valence-corrected chi connectivity index (χ3v) is 7.33. The molecule has 0 aliphatic rings. The zero-order valence-corrected chi connectivity index (χ0v) is 21.3. The number of aryl methyl sites for hydroxylation is 2. The third kappa shape index (κ3) is 4.77. The number of aliphatic hydroxyl groups is 1. The van der Waals surface area contributed by atoms with E-state index >= 15 is 0 Å². The fraction of sp³-hybridized carbons (Fsp3) is 0.292. The summed E-state index contributed by atoms with van der Waals surface area (Å²) in [5, 5.41) is 17.8. The Labute approximate surface area is 208 Å². The first-order chi connectivity index (χ1) is 17.2. The van der Waals surface area contributed by atoms with E-state index in [-0.39, 0.29) is 17.5 Å². The number of aliphatic hydroxyl groups excluding tert-OH is 1. The number of hydrogen-bond acceptors (Lipinski definition) is 9. The van der Waals surface area contributed by atoms with Crippen LogP contribution >= 0.6 is 0 Å². The van der Waals surface area contributed by atoms with Crippen molar-refractivity contribution >= 4 is 16.0 Å². The van der Waals surface area contributed by atoms with Gasteiger partial charge in [-0.15, -0.1) is 10.2 Å². The Bertz CT molecular complexity index is 1460. The van der Waals surface area contributed by atoms with E-state index in [0.29, 0.717) is 34.4 Å². The Morgan fingerprint density at radius 3 is 2.25 bits per heavy atom. The summed E-state index contributed by atoms with van der Waals surface area (Å²) in [6.45, 7) is 4.92. The van der Waals surface area contributed by atoms with Crippen LogP contribution in [0.15, 0.2) is 52.9 Å². The highest BCUT2D eigenvalue weighted by Crippen LogP contribution is 2.38. The van der Waals surface area contributed by atoms with Crippen LogP contribution < -0.4 is 14.2 Å². The summed E-state index contributed by atoms with van der Waals surface area (Å²) in [6, 6.07) is 13.6. The van der Waals surface area contributed by atoms with Gasteiger partial charge >= 0.3 is 0 Å². The highest BCUT2D eigenvalue weighted by Gasteiger charge is 2.33. The maximum atomic E-state index is 13.4. The molecule has 36 heavy (non-hydrogen) atoms. The minimum absolute atomic E-state index is 0.141. The van der Waals surface area contributed by atoms with Gasteiger partial charge in [-0.2, -0.15) is 0 Å². The van der Waals surface area contributed by atoms with Crippen molar-refractivity contribution in [3.05, 3.63) is 65.7 Å². The van der Waals surface area contributed by atoms with Crippen molar-refractivity contribution in [1.29, 1.82) is 0 Å². The van der Waals surface area contributed by atoms with Crippen LogP contribution in [0.2, 0.25) is 0 Å². The molecule has 2 N–H and O–H groups in total. The standard InChI is InChI=1S/C24H27N5O6S/c1-14-8-6-9-17(25-14)22(30)16(3)36(31,32)28-24-27-26-23(20-13-12-15(2)35-20)29(24)21-18(33-4)10-7-11-19(21)34-5/h6-13,16,22,30H,1-5H3,(H,27,28)/t16-,22+/m1/s1. The van der Waals surface area contributed by atoms with Gasteiger partial charge in [-0.05, 0) is 57.2 Å². The summed E-state index contributed by atoms with van der Waals surface area (Å²) in [5.74, 6) is 1.84. The summed E-state index contributed by atoms with van der Waals surface area (Å²) < 4.78 is 47.5. The fourth-order valence-corrected chi connectivity index (χ4v) is 4.74. The lowest BCUT2D eigenvalue weighted by atomic mass is 10.2. The molecule has 3 heterocycles. The van der Waals surface area contributed by atoms with Gasteiger partial charge in [-0.25, -0.2) is 8.42 Å². The van der Waals surface area contributed by atoms with E-state index in [9.17, 15) is 13.5 Å². The summed E-state index contributed by atoms with van der Waals surface area (Å²) in [6.07, 6.45) is -1.38. The molecule has 0 bridgehead atoms. The van der Waals surface area contributed by atoms with E-state index in [2.05, 4.69) is 19.9 Å². The van der Waals surface area contributed by atoms with E-state index < -0.39 is 21.4 Å². The predicted octanol–water partition coefficient (Wildman–Crippen LogP) is 3.42. The smallest absolute Gasteiger partial charge is 0.243 e. The lowest BCUT2D eigenvalue weighted by Crippen LogP contribution is -2.32. The zero-order valence-electron chi connectivity index (χ0n) is 20.5. The summed E-state index contributed by atoms with van der Waals surface area (Å²) >= 11 is 0. The Hall–Kier alpha value is -3.90. The second-order valence-corrected chi connectivity index (χ2v) is 10.1. The highest BCUT2D eigenvalue weighted by atomic mass is 32.2.